The Hall–Kier alpha value is -0.870. The van der Waals surface area contributed by atoms with Crippen molar-refractivity contribution in [1.82, 2.24) is 15.1 Å². The minimum absolute atomic E-state index is 0.269. The molecular formula is C14H23N3O. The van der Waals surface area contributed by atoms with E-state index in [0.717, 1.165) is 31.8 Å². The van der Waals surface area contributed by atoms with Gasteiger partial charge in [0.25, 0.3) is 0 Å². The second-order valence-corrected chi connectivity index (χ2v) is 5.93. The molecule has 4 heteroatoms. The third kappa shape index (κ3) is 1.97. The average Bonchev–Trinajstić information content (AvgIpc) is 2.71. The number of carbonyl (C=O) groups excluding carboxylic acids is 1. The fraction of sp³-hybridized carbons (Fsp3) is 0.786. The maximum Gasteiger partial charge on any atom is 0.249 e. The first-order valence-corrected chi connectivity index (χ1v) is 7.11. The van der Waals surface area contributed by atoms with Gasteiger partial charge in [-0.2, -0.15) is 0 Å². The molecule has 0 radical (unpaired) electrons. The van der Waals surface area contributed by atoms with E-state index < -0.39 is 0 Å². The molecule has 0 aromatic carbocycles. The molecule has 0 aliphatic carbocycles. The van der Waals surface area contributed by atoms with Crippen molar-refractivity contribution in [2.24, 2.45) is 0 Å². The molecule has 3 heterocycles. The van der Waals surface area contributed by atoms with Crippen molar-refractivity contribution < 1.29 is 4.79 Å². The maximum absolute atomic E-state index is 12.6. The number of nitrogens with one attached hydrogen (secondary N) is 1. The quantitative estimate of drug-likeness (QED) is 0.691. The summed E-state index contributed by atoms with van der Waals surface area (Å²) < 4.78 is 0. The van der Waals surface area contributed by atoms with E-state index in [1.54, 1.807) is 0 Å². The van der Waals surface area contributed by atoms with Gasteiger partial charge in [-0.05, 0) is 38.8 Å². The molecule has 18 heavy (non-hydrogen) atoms. The standard InChI is InChI=1S/C14H23N3O/c1-10-8-16-5-3-4-13(16)9-17(10)14(18)11(2)12-6-15-7-12/h10,13,15H,3-9H2,1-2H3. The summed E-state index contributed by atoms with van der Waals surface area (Å²) in [4.78, 5) is 17.2. The fourth-order valence-corrected chi connectivity index (χ4v) is 3.35. The lowest BCUT2D eigenvalue weighted by atomic mass is 10.0. The number of rotatable bonds is 1. The Morgan fingerprint density at radius 3 is 2.78 bits per heavy atom. The molecule has 100 valence electrons. The molecule has 0 bridgehead atoms. The molecule has 0 spiro atoms. The summed E-state index contributed by atoms with van der Waals surface area (Å²) in [6.45, 7) is 9.18. The van der Waals surface area contributed by atoms with E-state index in [-0.39, 0.29) is 5.91 Å². The molecule has 0 saturated carbocycles. The SMILES string of the molecule is CC(C(=O)N1CC2CCCN2CC1C)=C1CNC1. The minimum atomic E-state index is 0.269. The predicted octanol–water partition coefficient (Wildman–Crippen LogP) is 0.601. The van der Waals surface area contributed by atoms with Crippen LogP contribution in [0.1, 0.15) is 26.7 Å². The van der Waals surface area contributed by atoms with Crippen LogP contribution in [0.25, 0.3) is 0 Å². The van der Waals surface area contributed by atoms with E-state index in [0.29, 0.717) is 12.1 Å². The molecule has 3 rings (SSSR count). The number of hydrogen-bond donors (Lipinski definition) is 1. The van der Waals surface area contributed by atoms with E-state index in [4.69, 9.17) is 0 Å². The van der Waals surface area contributed by atoms with Crippen LogP contribution in [0, 0.1) is 0 Å². The number of carbonyl (C=O) groups is 1. The zero-order valence-corrected chi connectivity index (χ0v) is 11.4. The van der Waals surface area contributed by atoms with Crippen LogP contribution >= 0.6 is 0 Å². The summed E-state index contributed by atoms with van der Waals surface area (Å²) in [6.07, 6.45) is 2.55. The Morgan fingerprint density at radius 1 is 1.33 bits per heavy atom. The molecule has 2 unspecified atom stereocenters. The van der Waals surface area contributed by atoms with Crippen LogP contribution < -0.4 is 5.32 Å². The predicted molar refractivity (Wildman–Crippen MR) is 71.3 cm³/mol. The number of fused-ring (bicyclic) bond motifs is 1. The highest BCUT2D eigenvalue weighted by Crippen LogP contribution is 2.26. The third-order valence-electron chi connectivity index (χ3n) is 4.73. The van der Waals surface area contributed by atoms with Gasteiger partial charge in [0.1, 0.15) is 0 Å². The van der Waals surface area contributed by atoms with Crippen LogP contribution in [0.2, 0.25) is 0 Å². The molecule has 0 aromatic rings. The van der Waals surface area contributed by atoms with Crippen LogP contribution in [-0.4, -0.2) is 60.5 Å². The van der Waals surface area contributed by atoms with Gasteiger partial charge in [-0.3, -0.25) is 9.69 Å². The van der Waals surface area contributed by atoms with Gasteiger partial charge in [0, 0.05) is 43.8 Å². The van der Waals surface area contributed by atoms with Crippen LogP contribution in [-0.2, 0) is 4.79 Å². The fourth-order valence-electron chi connectivity index (χ4n) is 3.35. The van der Waals surface area contributed by atoms with Crippen molar-refractivity contribution in [2.75, 3.05) is 32.7 Å². The molecular weight excluding hydrogens is 226 g/mol. The molecule has 4 nitrogen and oxygen atoms in total. The highest BCUT2D eigenvalue weighted by atomic mass is 16.2. The summed E-state index contributed by atoms with van der Waals surface area (Å²) in [7, 11) is 0. The first-order chi connectivity index (χ1) is 8.66. The summed E-state index contributed by atoms with van der Waals surface area (Å²) >= 11 is 0. The highest BCUT2D eigenvalue weighted by Gasteiger charge is 2.37. The first-order valence-electron chi connectivity index (χ1n) is 7.11. The zero-order chi connectivity index (χ0) is 12.7. The summed E-state index contributed by atoms with van der Waals surface area (Å²) in [6, 6.07) is 0.970. The van der Waals surface area contributed by atoms with Gasteiger partial charge in [-0.25, -0.2) is 0 Å². The molecule has 3 fully saturated rings. The largest absolute Gasteiger partial charge is 0.333 e. The number of nitrogens with zero attached hydrogens (tertiary/aromatic N) is 2. The lowest BCUT2D eigenvalue weighted by Crippen LogP contribution is -2.57. The van der Waals surface area contributed by atoms with Gasteiger partial charge in [-0.1, -0.05) is 0 Å². The highest BCUT2D eigenvalue weighted by molar-refractivity contribution is 5.94. The Labute approximate surface area is 109 Å². The van der Waals surface area contributed by atoms with Crippen LogP contribution in [0.4, 0.5) is 0 Å². The molecule has 3 aliphatic heterocycles. The number of amides is 1. The molecule has 3 saturated heterocycles. The topological polar surface area (TPSA) is 35.6 Å². The van der Waals surface area contributed by atoms with E-state index >= 15 is 0 Å². The number of hydrogen-bond acceptors (Lipinski definition) is 3. The van der Waals surface area contributed by atoms with E-state index in [1.807, 2.05) is 6.92 Å². The molecule has 1 N–H and O–H groups in total. The molecule has 0 aromatic heterocycles. The monoisotopic (exact) mass is 249 g/mol. The Bertz CT molecular complexity index is 385. The van der Waals surface area contributed by atoms with Crippen LogP contribution in [0.15, 0.2) is 11.1 Å². The first kappa shape index (κ1) is 12.2. The zero-order valence-electron chi connectivity index (χ0n) is 11.4. The van der Waals surface area contributed by atoms with Crippen molar-refractivity contribution in [3.05, 3.63) is 11.1 Å². The van der Waals surface area contributed by atoms with E-state index in [9.17, 15) is 4.79 Å². The lowest BCUT2D eigenvalue weighted by molar-refractivity contribution is -0.132. The average molecular weight is 249 g/mol. The maximum atomic E-state index is 12.6. The summed E-state index contributed by atoms with van der Waals surface area (Å²) in [5.74, 6) is 0.269. The van der Waals surface area contributed by atoms with Crippen molar-refractivity contribution in [2.45, 2.75) is 38.8 Å². The normalized spacial score (nSPS) is 32.1. The lowest BCUT2D eigenvalue weighted by Gasteiger charge is -2.42. The summed E-state index contributed by atoms with van der Waals surface area (Å²) in [5, 5.41) is 3.21. The van der Waals surface area contributed by atoms with Gasteiger partial charge < -0.3 is 10.2 Å². The van der Waals surface area contributed by atoms with E-state index in [1.165, 1.54) is 25.0 Å². The Balaban J connectivity index is 1.73. The smallest absolute Gasteiger partial charge is 0.249 e. The van der Waals surface area contributed by atoms with Crippen molar-refractivity contribution in [1.29, 1.82) is 0 Å². The minimum Gasteiger partial charge on any atom is -0.333 e. The molecule has 3 aliphatic rings. The van der Waals surface area contributed by atoms with Gasteiger partial charge in [0.05, 0.1) is 0 Å². The summed E-state index contributed by atoms with van der Waals surface area (Å²) in [5.41, 5.74) is 2.27. The van der Waals surface area contributed by atoms with Gasteiger partial charge in [0.2, 0.25) is 5.91 Å². The second kappa shape index (κ2) is 4.67. The van der Waals surface area contributed by atoms with Gasteiger partial charge in [0.15, 0.2) is 0 Å². The van der Waals surface area contributed by atoms with E-state index in [2.05, 4.69) is 22.0 Å². The van der Waals surface area contributed by atoms with Crippen LogP contribution in [0.3, 0.4) is 0 Å². The Kier molecular flexibility index (Phi) is 3.16. The second-order valence-electron chi connectivity index (χ2n) is 5.93. The number of piperazine rings is 1. The van der Waals surface area contributed by atoms with Gasteiger partial charge >= 0.3 is 0 Å². The Morgan fingerprint density at radius 2 is 2.11 bits per heavy atom. The third-order valence-corrected chi connectivity index (χ3v) is 4.73. The molecule has 2 atom stereocenters. The molecule has 1 amide bonds. The van der Waals surface area contributed by atoms with Crippen molar-refractivity contribution >= 4 is 5.91 Å². The van der Waals surface area contributed by atoms with Crippen molar-refractivity contribution in [3.8, 4) is 0 Å². The van der Waals surface area contributed by atoms with Crippen molar-refractivity contribution in [3.63, 3.8) is 0 Å². The van der Waals surface area contributed by atoms with Gasteiger partial charge in [-0.15, -0.1) is 0 Å². The van der Waals surface area contributed by atoms with Crippen LogP contribution in [0.5, 0.6) is 0 Å².